The van der Waals surface area contributed by atoms with Crippen LogP contribution in [0.5, 0.6) is 0 Å². The van der Waals surface area contributed by atoms with Crippen LogP contribution in [0.25, 0.3) is 0 Å². The summed E-state index contributed by atoms with van der Waals surface area (Å²) in [6.45, 7) is 4.22. The summed E-state index contributed by atoms with van der Waals surface area (Å²) >= 11 is 0. The van der Waals surface area contributed by atoms with Crippen molar-refractivity contribution < 1.29 is 18.0 Å². The van der Waals surface area contributed by atoms with Crippen molar-refractivity contribution in [2.75, 3.05) is 18.1 Å². The van der Waals surface area contributed by atoms with Crippen molar-refractivity contribution >= 4 is 21.6 Å². The van der Waals surface area contributed by atoms with Gasteiger partial charge in [-0.3, -0.25) is 9.48 Å². The van der Waals surface area contributed by atoms with Gasteiger partial charge in [0, 0.05) is 17.3 Å². The number of carbonyl (C=O) groups excluding carboxylic acids is 1. The van der Waals surface area contributed by atoms with Gasteiger partial charge in [-0.15, -0.1) is 0 Å². The van der Waals surface area contributed by atoms with E-state index in [0.717, 1.165) is 17.0 Å². The van der Waals surface area contributed by atoms with Gasteiger partial charge in [0.15, 0.2) is 22.3 Å². The van der Waals surface area contributed by atoms with E-state index in [-0.39, 0.29) is 30.0 Å². The minimum atomic E-state index is -3.05. The molecular weight excluding hydrogens is 394 g/mol. The molecule has 1 aromatic carbocycles. The number of benzene rings is 1. The first-order chi connectivity index (χ1) is 13.7. The highest BCUT2D eigenvalue weighted by atomic mass is 32.2. The van der Waals surface area contributed by atoms with Crippen LogP contribution in [0.4, 0.5) is 0 Å². The maximum atomic E-state index is 11.9. The van der Waals surface area contributed by atoms with E-state index in [1.807, 2.05) is 42.8 Å². The monoisotopic (exact) mass is 419 g/mol. The average molecular weight is 420 g/mol. The van der Waals surface area contributed by atoms with Crippen LogP contribution >= 0.6 is 0 Å². The molecule has 1 unspecified atom stereocenters. The molecule has 1 atom stereocenters. The smallest absolute Gasteiger partial charge is 0.261 e. The van der Waals surface area contributed by atoms with E-state index in [9.17, 15) is 13.2 Å². The third kappa shape index (κ3) is 5.80. The van der Waals surface area contributed by atoms with Crippen molar-refractivity contribution in [2.24, 2.45) is 10.9 Å². The van der Waals surface area contributed by atoms with Gasteiger partial charge in [-0.25, -0.2) is 8.42 Å². The molecule has 0 bridgehead atoms. The number of oxime groups is 1. The zero-order chi connectivity index (χ0) is 21.0. The number of aromatic nitrogens is 2. The lowest BCUT2D eigenvalue weighted by Gasteiger charge is -2.10. The second kappa shape index (κ2) is 8.64. The Morgan fingerprint density at radius 2 is 2.17 bits per heavy atom. The van der Waals surface area contributed by atoms with Crippen LogP contribution in [0.1, 0.15) is 28.9 Å². The molecule has 2 aromatic rings. The molecule has 3 rings (SSSR count). The van der Waals surface area contributed by atoms with Crippen molar-refractivity contribution in [3.05, 3.63) is 52.8 Å². The topological polar surface area (TPSA) is 129 Å². The molecule has 10 heteroatoms. The number of sulfone groups is 1. The zero-order valence-corrected chi connectivity index (χ0v) is 17.3. The normalized spacial score (nSPS) is 18.6. The van der Waals surface area contributed by atoms with Gasteiger partial charge in [0.05, 0.1) is 23.7 Å². The molecule has 0 aliphatic carbocycles. The Hall–Kier alpha value is -2.88. The van der Waals surface area contributed by atoms with Gasteiger partial charge in [0.2, 0.25) is 0 Å². The maximum Gasteiger partial charge on any atom is 0.261 e. The molecule has 1 aliphatic heterocycles. The number of rotatable bonds is 7. The highest BCUT2D eigenvalue weighted by Crippen LogP contribution is 2.11. The molecule has 1 aliphatic rings. The largest absolute Gasteiger partial charge is 0.384 e. The van der Waals surface area contributed by atoms with E-state index in [0.29, 0.717) is 18.5 Å². The first-order valence-corrected chi connectivity index (χ1v) is 11.1. The molecule has 1 saturated heterocycles. The summed E-state index contributed by atoms with van der Waals surface area (Å²) in [7, 11) is -3.05. The van der Waals surface area contributed by atoms with Crippen molar-refractivity contribution in [3.8, 4) is 0 Å². The summed E-state index contributed by atoms with van der Waals surface area (Å²) in [5.41, 5.74) is 9.68. The summed E-state index contributed by atoms with van der Waals surface area (Å²) in [6, 6.07) is 9.17. The minimum absolute atomic E-state index is 0.0355. The molecule has 0 saturated carbocycles. The summed E-state index contributed by atoms with van der Waals surface area (Å²) in [5, 5.41) is 10.9. The number of aryl methyl sites for hydroxylation is 2. The molecule has 1 fully saturated rings. The number of amidine groups is 1. The number of nitrogens with one attached hydrogen (secondary N) is 1. The molecule has 0 radical (unpaired) electrons. The predicted molar refractivity (Wildman–Crippen MR) is 109 cm³/mol. The van der Waals surface area contributed by atoms with Gasteiger partial charge in [-0.1, -0.05) is 23.4 Å². The van der Waals surface area contributed by atoms with Crippen molar-refractivity contribution in [3.63, 3.8) is 0 Å². The van der Waals surface area contributed by atoms with Crippen LogP contribution in [0.15, 0.2) is 35.5 Å². The Morgan fingerprint density at radius 1 is 1.38 bits per heavy atom. The quantitative estimate of drug-likeness (QED) is 0.382. The van der Waals surface area contributed by atoms with Gasteiger partial charge >= 0.3 is 0 Å². The third-order valence-corrected chi connectivity index (χ3v) is 6.38. The van der Waals surface area contributed by atoms with Gasteiger partial charge in [-0.05, 0) is 38.0 Å². The van der Waals surface area contributed by atoms with Crippen molar-refractivity contribution in [1.82, 2.24) is 15.1 Å². The Bertz CT molecular complexity index is 1030. The number of nitrogens with two attached hydrogens (primary N) is 1. The molecule has 2 heterocycles. The average Bonchev–Trinajstić information content (AvgIpc) is 3.15. The molecule has 9 nitrogen and oxygen atoms in total. The fraction of sp³-hybridized carbons (Fsp3) is 0.421. The maximum absolute atomic E-state index is 11.9. The Labute approximate surface area is 169 Å². The van der Waals surface area contributed by atoms with Crippen molar-refractivity contribution in [2.45, 2.75) is 32.9 Å². The van der Waals surface area contributed by atoms with Crippen LogP contribution in [0.3, 0.4) is 0 Å². The Morgan fingerprint density at radius 3 is 2.83 bits per heavy atom. The lowest BCUT2D eigenvalue weighted by atomic mass is 10.1. The number of carbonyl (C=O) groups is 1. The van der Waals surface area contributed by atoms with E-state index >= 15 is 0 Å². The van der Waals surface area contributed by atoms with Crippen LogP contribution in [-0.2, 0) is 26.0 Å². The molecule has 1 aromatic heterocycles. The Kier molecular flexibility index (Phi) is 6.21. The van der Waals surface area contributed by atoms with Crippen LogP contribution in [0, 0.1) is 13.8 Å². The van der Waals surface area contributed by atoms with Crippen LogP contribution in [-0.4, -0.2) is 54.1 Å². The summed E-state index contributed by atoms with van der Waals surface area (Å²) < 4.78 is 24.7. The predicted octanol–water partition coefficient (Wildman–Crippen LogP) is 0.488. The van der Waals surface area contributed by atoms with E-state index in [1.54, 1.807) is 6.07 Å². The minimum Gasteiger partial charge on any atom is -0.384 e. The van der Waals surface area contributed by atoms with Gasteiger partial charge < -0.3 is 15.9 Å². The molecule has 29 heavy (non-hydrogen) atoms. The molecule has 3 N–H and O–H groups in total. The summed E-state index contributed by atoms with van der Waals surface area (Å²) in [6.07, 6.45) is 0.418. The van der Waals surface area contributed by atoms with Gasteiger partial charge in [-0.2, -0.15) is 5.10 Å². The number of hydrogen-bond donors (Lipinski definition) is 2. The number of amides is 1. The van der Waals surface area contributed by atoms with Gasteiger partial charge in [0.25, 0.3) is 5.91 Å². The fourth-order valence-corrected chi connectivity index (χ4v) is 4.90. The van der Waals surface area contributed by atoms with E-state index in [4.69, 9.17) is 10.6 Å². The first kappa shape index (κ1) is 20.8. The molecular formula is C19H25N5O4S. The van der Waals surface area contributed by atoms with E-state index < -0.39 is 15.7 Å². The third-order valence-electron chi connectivity index (χ3n) is 4.61. The molecule has 0 spiro atoms. The lowest BCUT2D eigenvalue weighted by molar-refractivity contribution is -0.126. The van der Waals surface area contributed by atoms with Crippen LogP contribution in [0.2, 0.25) is 0 Å². The molecule has 156 valence electrons. The Balaban J connectivity index is 1.54. The lowest BCUT2D eigenvalue weighted by Crippen LogP contribution is -2.37. The van der Waals surface area contributed by atoms with E-state index in [1.165, 1.54) is 0 Å². The SMILES string of the molecule is Cc1cc(C)n(Cc2cccc(/C(N)=N/OCC(=O)NC3CCS(=O)(=O)C3)c2)n1. The van der Waals surface area contributed by atoms with Crippen molar-refractivity contribution in [1.29, 1.82) is 0 Å². The number of nitrogens with zero attached hydrogens (tertiary/aromatic N) is 3. The second-order valence-corrected chi connectivity index (χ2v) is 9.43. The second-order valence-electron chi connectivity index (χ2n) is 7.20. The summed E-state index contributed by atoms with van der Waals surface area (Å²) in [5.74, 6) is -0.220. The number of hydrogen-bond acceptors (Lipinski definition) is 6. The summed E-state index contributed by atoms with van der Waals surface area (Å²) in [4.78, 5) is 16.9. The highest BCUT2D eigenvalue weighted by molar-refractivity contribution is 7.91. The highest BCUT2D eigenvalue weighted by Gasteiger charge is 2.28. The zero-order valence-electron chi connectivity index (χ0n) is 16.5. The van der Waals surface area contributed by atoms with Gasteiger partial charge in [0.1, 0.15) is 0 Å². The van der Waals surface area contributed by atoms with E-state index in [2.05, 4.69) is 15.6 Å². The fourth-order valence-electron chi connectivity index (χ4n) is 3.23. The molecule has 1 amide bonds. The first-order valence-electron chi connectivity index (χ1n) is 9.27. The standard InChI is InChI=1S/C19H25N5O4S/c1-13-8-14(2)24(22-13)10-15-4-3-5-16(9-15)19(20)23-28-11-18(25)21-17-6-7-29(26,27)12-17/h3-5,8-9,17H,6-7,10-12H2,1-2H3,(H2,20,23)(H,21,25). The van der Waals surface area contributed by atoms with Crippen LogP contribution < -0.4 is 11.1 Å².